The number of rotatable bonds is 3. The van der Waals surface area contributed by atoms with Crippen LogP contribution in [0, 0.1) is 29.6 Å². The SMILES string of the molecule is CC1CC(=O)N(CC2CC3CCC2C3)C(C)C1C(=O)O. The number of carboxylic acids is 1. The van der Waals surface area contributed by atoms with E-state index in [1.807, 2.05) is 18.7 Å². The zero-order chi connectivity index (χ0) is 14.4. The van der Waals surface area contributed by atoms with E-state index in [4.69, 9.17) is 0 Å². The molecule has 3 aliphatic rings. The third-order valence-corrected chi connectivity index (χ3v) is 6.04. The van der Waals surface area contributed by atoms with Crippen molar-refractivity contribution in [1.29, 1.82) is 0 Å². The van der Waals surface area contributed by atoms with Crippen LogP contribution in [0.25, 0.3) is 0 Å². The van der Waals surface area contributed by atoms with Gasteiger partial charge in [0.2, 0.25) is 5.91 Å². The predicted octanol–water partition coefficient (Wildman–Crippen LogP) is 2.38. The Morgan fingerprint density at radius 2 is 2.05 bits per heavy atom. The molecule has 1 amide bonds. The summed E-state index contributed by atoms with van der Waals surface area (Å²) >= 11 is 0. The van der Waals surface area contributed by atoms with Crippen molar-refractivity contribution in [3.05, 3.63) is 0 Å². The maximum Gasteiger partial charge on any atom is 0.308 e. The van der Waals surface area contributed by atoms with Crippen LogP contribution in [0.5, 0.6) is 0 Å². The summed E-state index contributed by atoms with van der Waals surface area (Å²) in [5.41, 5.74) is 0. The fourth-order valence-corrected chi connectivity index (χ4v) is 4.99. The molecule has 2 saturated carbocycles. The summed E-state index contributed by atoms with van der Waals surface area (Å²) in [7, 11) is 0. The molecule has 2 bridgehead atoms. The number of likely N-dealkylation sites (tertiary alicyclic amines) is 1. The van der Waals surface area contributed by atoms with Crippen LogP contribution in [0.2, 0.25) is 0 Å². The van der Waals surface area contributed by atoms with Gasteiger partial charge in [-0.25, -0.2) is 0 Å². The molecule has 0 aromatic carbocycles. The Bertz CT molecular complexity index is 422. The number of amides is 1. The fraction of sp³-hybridized carbons (Fsp3) is 0.875. The molecule has 2 aliphatic carbocycles. The molecule has 1 aliphatic heterocycles. The Kier molecular flexibility index (Phi) is 3.51. The van der Waals surface area contributed by atoms with E-state index in [1.54, 1.807) is 0 Å². The zero-order valence-electron chi connectivity index (χ0n) is 12.4. The van der Waals surface area contributed by atoms with Gasteiger partial charge in [0.15, 0.2) is 0 Å². The van der Waals surface area contributed by atoms with Gasteiger partial charge in [0.05, 0.1) is 5.92 Å². The number of aliphatic carboxylic acids is 1. The van der Waals surface area contributed by atoms with Gasteiger partial charge in [-0.1, -0.05) is 13.3 Å². The lowest BCUT2D eigenvalue weighted by molar-refractivity contribution is -0.155. The van der Waals surface area contributed by atoms with Crippen molar-refractivity contribution >= 4 is 11.9 Å². The molecule has 0 aromatic heterocycles. The van der Waals surface area contributed by atoms with Crippen LogP contribution in [0.4, 0.5) is 0 Å². The van der Waals surface area contributed by atoms with E-state index in [-0.39, 0.29) is 17.9 Å². The van der Waals surface area contributed by atoms with Gasteiger partial charge in [0.25, 0.3) is 0 Å². The van der Waals surface area contributed by atoms with E-state index >= 15 is 0 Å². The third kappa shape index (κ3) is 2.23. The van der Waals surface area contributed by atoms with Gasteiger partial charge in [0, 0.05) is 19.0 Å². The summed E-state index contributed by atoms with van der Waals surface area (Å²) < 4.78 is 0. The number of hydrogen-bond acceptors (Lipinski definition) is 2. The molecule has 1 N–H and O–H groups in total. The van der Waals surface area contributed by atoms with Crippen LogP contribution in [0.1, 0.15) is 46.0 Å². The average molecular weight is 279 g/mol. The summed E-state index contributed by atoms with van der Waals surface area (Å²) in [6.07, 6.45) is 5.64. The molecule has 1 saturated heterocycles. The molecule has 0 aromatic rings. The highest BCUT2D eigenvalue weighted by atomic mass is 16.4. The van der Waals surface area contributed by atoms with Crippen LogP contribution in [-0.2, 0) is 9.59 Å². The standard InChI is InChI=1S/C16H25NO3/c1-9-5-14(18)17(10(2)15(9)16(19)20)8-13-7-11-3-4-12(13)6-11/h9-13,15H,3-8H2,1-2H3,(H,19,20). The van der Waals surface area contributed by atoms with Crippen molar-refractivity contribution in [3.63, 3.8) is 0 Å². The van der Waals surface area contributed by atoms with Gasteiger partial charge in [-0.15, -0.1) is 0 Å². The molecule has 6 atom stereocenters. The normalized spacial score (nSPS) is 44.1. The highest BCUT2D eigenvalue weighted by Gasteiger charge is 2.45. The Balaban J connectivity index is 1.71. The van der Waals surface area contributed by atoms with Gasteiger partial charge in [0.1, 0.15) is 0 Å². The van der Waals surface area contributed by atoms with Crippen LogP contribution in [0.3, 0.4) is 0 Å². The molecule has 0 spiro atoms. The van der Waals surface area contributed by atoms with Crippen molar-refractivity contribution in [1.82, 2.24) is 4.90 Å². The second-order valence-corrected chi connectivity index (χ2v) is 7.27. The number of hydrogen-bond donors (Lipinski definition) is 1. The molecule has 6 unspecified atom stereocenters. The molecular weight excluding hydrogens is 254 g/mol. The quantitative estimate of drug-likeness (QED) is 0.863. The number of nitrogens with zero attached hydrogens (tertiary/aromatic N) is 1. The minimum absolute atomic E-state index is 0.0497. The van der Waals surface area contributed by atoms with Gasteiger partial charge in [-0.2, -0.15) is 0 Å². The van der Waals surface area contributed by atoms with Crippen LogP contribution < -0.4 is 0 Å². The summed E-state index contributed by atoms with van der Waals surface area (Å²) in [5.74, 6) is 1.21. The molecule has 0 radical (unpaired) electrons. The number of carbonyl (C=O) groups is 2. The lowest BCUT2D eigenvalue weighted by atomic mass is 9.79. The van der Waals surface area contributed by atoms with E-state index in [2.05, 4.69) is 0 Å². The van der Waals surface area contributed by atoms with Crippen molar-refractivity contribution in [2.45, 2.75) is 52.0 Å². The number of carboxylic acid groups (broad SMARTS) is 1. The molecule has 20 heavy (non-hydrogen) atoms. The smallest absolute Gasteiger partial charge is 0.308 e. The predicted molar refractivity (Wildman–Crippen MR) is 75.0 cm³/mol. The monoisotopic (exact) mass is 279 g/mol. The summed E-state index contributed by atoms with van der Waals surface area (Å²) in [5, 5.41) is 9.41. The first-order valence-corrected chi connectivity index (χ1v) is 7.99. The molecule has 112 valence electrons. The molecule has 1 heterocycles. The first-order chi connectivity index (χ1) is 9.47. The van der Waals surface area contributed by atoms with Crippen molar-refractivity contribution in [2.75, 3.05) is 6.54 Å². The zero-order valence-corrected chi connectivity index (χ0v) is 12.4. The van der Waals surface area contributed by atoms with Crippen molar-refractivity contribution in [3.8, 4) is 0 Å². The molecular formula is C16H25NO3. The van der Waals surface area contributed by atoms with Crippen molar-refractivity contribution in [2.24, 2.45) is 29.6 Å². The Labute approximate surface area is 120 Å². The molecule has 4 nitrogen and oxygen atoms in total. The molecule has 4 heteroatoms. The second kappa shape index (κ2) is 5.05. The Morgan fingerprint density at radius 1 is 1.30 bits per heavy atom. The maximum atomic E-state index is 12.3. The highest BCUT2D eigenvalue weighted by molar-refractivity contribution is 5.81. The van der Waals surface area contributed by atoms with E-state index in [0.29, 0.717) is 12.3 Å². The minimum atomic E-state index is -0.754. The summed E-state index contributed by atoms with van der Waals surface area (Å²) in [6, 6.07) is -0.164. The van der Waals surface area contributed by atoms with Gasteiger partial charge >= 0.3 is 5.97 Å². The highest BCUT2D eigenvalue weighted by Crippen LogP contribution is 2.49. The van der Waals surface area contributed by atoms with Gasteiger partial charge in [-0.05, 0) is 49.9 Å². The van der Waals surface area contributed by atoms with Crippen LogP contribution in [0.15, 0.2) is 0 Å². The fourth-order valence-electron chi connectivity index (χ4n) is 4.99. The number of fused-ring (bicyclic) bond motifs is 2. The number of piperidine rings is 1. The minimum Gasteiger partial charge on any atom is -0.481 e. The van der Waals surface area contributed by atoms with Gasteiger partial charge in [-0.3, -0.25) is 9.59 Å². The second-order valence-electron chi connectivity index (χ2n) is 7.27. The third-order valence-electron chi connectivity index (χ3n) is 6.04. The average Bonchev–Trinajstić information content (AvgIpc) is 2.95. The maximum absolute atomic E-state index is 12.3. The van der Waals surface area contributed by atoms with Crippen LogP contribution in [-0.4, -0.2) is 34.5 Å². The van der Waals surface area contributed by atoms with E-state index in [0.717, 1.165) is 18.4 Å². The van der Waals surface area contributed by atoms with E-state index in [9.17, 15) is 14.7 Å². The first kappa shape index (κ1) is 13.9. The Morgan fingerprint density at radius 3 is 2.60 bits per heavy atom. The molecule has 3 rings (SSSR count). The van der Waals surface area contributed by atoms with E-state index < -0.39 is 11.9 Å². The topological polar surface area (TPSA) is 57.6 Å². The Hall–Kier alpha value is -1.06. The largest absolute Gasteiger partial charge is 0.481 e. The molecule has 3 fully saturated rings. The lowest BCUT2D eigenvalue weighted by Gasteiger charge is -2.42. The van der Waals surface area contributed by atoms with E-state index in [1.165, 1.54) is 25.7 Å². The van der Waals surface area contributed by atoms with Crippen LogP contribution >= 0.6 is 0 Å². The van der Waals surface area contributed by atoms with Gasteiger partial charge < -0.3 is 10.0 Å². The van der Waals surface area contributed by atoms with Crippen molar-refractivity contribution < 1.29 is 14.7 Å². The first-order valence-electron chi connectivity index (χ1n) is 7.99. The number of carbonyl (C=O) groups excluding carboxylic acids is 1. The lowest BCUT2D eigenvalue weighted by Crippen LogP contribution is -2.54. The summed E-state index contributed by atoms with van der Waals surface area (Å²) in [6.45, 7) is 4.60. The summed E-state index contributed by atoms with van der Waals surface area (Å²) in [4.78, 5) is 25.6.